The molecule has 0 heterocycles. The molecule has 0 aliphatic heterocycles. The predicted molar refractivity (Wildman–Crippen MR) is 70.2 cm³/mol. The Hall–Kier alpha value is -0.0400. The van der Waals surface area contributed by atoms with Gasteiger partial charge in [-0.25, -0.2) is 0 Å². The molecule has 3 unspecified atom stereocenters. The number of hydrogen-bond donors (Lipinski definition) is 1. The summed E-state index contributed by atoms with van der Waals surface area (Å²) in [6, 6.07) is 0. The van der Waals surface area contributed by atoms with Gasteiger partial charge in [-0.3, -0.25) is 0 Å². The van der Waals surface area contributed by atoms with Gasteiger partial charge in [-0.2, -0.15) is 0 Å². The van der Waals surface area contributed by atoms with Crippen molar-refractivity contribution >= 4 is 0 Å². The van der Waals surface area contributed by atoms with Crippen LogP contribution in [0.1, 0.15) is 64.7 Å². The third-order valence-corrected chi connectivity index (χ3v) is 5.29. The lowest BCUT2D eigenvalue weighted by Crippen LogP contribution is -2.35. The Morgan fingerprint density at radius 2 is 1.75 bits per heavy atom. The van der Waals surface area contributed by atoms with Gasteiger partial charge in [-0.05, 0) is 43.1 Å². The van der Waals surface area contributed by atoms with E-state index >= 15 is 0 Å². The van der Waals surface area contributed by atoms with Gasteiger partial charge in [0, 0.05) is 0 Å². The highest BCUT2D eigenvalue weighted by atomic mass is 14.6. The molecule has 0 amide bonds. The van der Waals surface area contributed by atoms with E-state index in [9.17, 15) is 0 Å². The normalized spacial score (nSPS) is 37.5. The van der Waals surface area contributed by atoms with Crippen LogP contribution >= 0.6 is 0 Å². The van der Waals surface area contributed by atoms with Crippen molar-refractivity contribution in [3.05, 3.63) is 0 Å². The average molecular weight is 223 g/mol. The Bertz CT molecular complexity index is 196. The molecule has 0 aromatic carbocycles. The summed E-state index contributed by atoms with van der Waals surface area (Å²) in [6.07, 6.45) is 13.2. The number of nitrogens with two attached hydrogens (primary N) is 1. The van der Waals surface area contributed by atoms with Crippen molar-refractivity contribution < 1.29 is 0 Å². The molecule has 16 heavy (non-hydrogen) atoms. The van der Waals surface area contributed by atoms with E-state index < -0.39 is 0 Å². The van der Waals surface area contributed by atoms with Crippen LogP contribution in [0.4, 0.5) is 0 Å². The van der Waals surface area contributed by atoms with Gasteiger partial charge >= 0.3 is 0 Å². The van der Waals surface area contributed by atoms with E-state index in [2.05, 4.69) is 6.92 Å². The van der Waals surface area contributed by atoms with Crippen molar-refractivity contribution in [2.75, 3.05) is 6.54 Å². The smallest absolute Gasteiger partial charge is 0.00461 e. The molecule has 0 radical (unpaired) electrons. The van der Waals surface area contributed by atoms with Crippen molar-refractivity contribution in [2.24, 2.45) is 29.4 Å². The van der Waals surface area contributed by atoms with E-state index in [1.807, 2.05) is 0 Å². The zero-order valence-electron chi connectivity index (χ0n) is 11.0. The van der Waals surface area contributed by atoms with E-state index in [1.165, 1.54) is 57.8 Å². The quantitative estimate of drug-likeness (QED) is 0.770. The molecule has 0 saturated heterocycles. The largest absolute Gasteiger partial charge is 0.330 e. The van der Waals surface area contributed by atoms with Crippen LogP contribution in [-0.2, 0) is 0 Å². The highest BCUT2D eigenvalue weighted by Gasteiger charge is 2.34. The molecule has 1 nitrogen and oxygen atoms in total. The first-order valence-electron chi connectivity index (χ1n) is 7.55. The minimum atomic E-state index is 0.853. The van der Waals surface area contributed by atoms with Crippen molar-refractivity contribution in [2.45, 2.75) is 64.7 Å². The van der Waals surface area contributed by atoms with Crippen LogP contribution in [-0.4, -0.2) is 6.54 Å². The van der Waals surface area contributed by atoms with Gasteiger partial charge < -0.3 is 5.73 Å². The minimum Gasteiger partial charge on any atom is -0.330 e. The predicted octanol–water partition coefficient (Wildman–Crippen LogP) is 3.97. The van der Waals surface area contributed by atoms with Crippen LogP contribution in [0.5, 0.6) is 0 Å². The fourth-order valence-corrected chi connectivity index (χ4v) is 4.16. The van der Waals surface area contributed by atoms with Gasteiger partial charge in [-0.1, -0.05) is 51.9 Å². The van der Waals surface area contributed by atoms with E-state index in [-0.39, 0.29) is 0 Å². The van der Waals surface area contributed by atoms with Crippen molar-refractivity contribution in [3.8, 4) is 0 Å². The van der Waals surface area contributed by atoms with Crippen molar-refractivity contribution in [1.29, 1.82) is 0 Å². The fraction of sp³-hybridized carbons (Fsp3) is 1.00. The Kier molecular flexibility index (Phi) is 4.69. The monoisotopic (exact) mass is 223 g/mol. The highest BCUT2D eigenvalue weighted by molar-refractivity contribution is 4.86. The molecule has 94 valence electrons. The summed E-state index contributed by atoms with van der Waals surface area (Å²) < 4.78 is 0. The molecule has 0 aromatic rings. The van der Waals surface area contributed by atoms with Gasteiger partial charge in [0.05, 0.1) is 0 Å². The third-order valence-electron chi connectivity index (χ3n) is 5.29. The van der Waals surface area contributed by atoms with Gasteiger partial charge in [0.2, 0.25) is 0 Å². The highest BCUT2D eigenvalue weighted by Crippen LogP contribution is 2.43. The van der Waals surface area contributed by atoms with Crippen LogP contribution in [0, 0.1) is 23.7 Å². The summed E-state index contributed by atoms with van der Waals surface area (Å²) in [5, 5.41) is 0. The number of hydrogen-bond acceptors (Lipinski definition) is 1. The lowest BCUT2D eigenvalue weighted by atomic mass is 9.65. The molecule has 1 heteroatoms. The number of rotatable bonds is 3. The molecular formula is C15H29N. The lowest BCUT2D eigenvalue weighted by Gasteiger charge is -2.41. The molecule has 0 aromatic heterocycles. The maximum absolute atomic E-state index is 5.99. The maximum atomic E-state index is 5.99. The van der Waals surface area contributed by atoms with Crippen molar-refractivity contribution in [3.63, 3.8) is 0 Å². The molecule has 2 aliphatic rings. The topological polar surface area (TPSA) is 26.0 Å². The van der Waals surface area contributed by atoms with Crippen LogP contribution in [0.2, 0.25) is 0 Å². The maximum Gasteiger partial charge on any atom is -0.00461 e. The first-order valence-corrected chi connectivity index (χ1v) is 7.55. The Morgan fingerprint density at radius 1 is 1.00 bits per heavy atom. The molecule has 0 bridgehead atoms. The second-order valence-corrected chi connectivity index (χ2v) is 6.15. The first kappa shape index (κ1) is 12.4. The molecule has 2 aliphatic carbocycles. The molecular weight excluding hydrogens is 194 g/mol. The zero-order valence-corrected chi connectivity index (χ0v) is 11.0. The summed E-state index contributed by atoms with van der Waals surface area (Å²) in [5.41, 5.74) is 5.99. The molecule has 3 atom stereocenters. The van der Waals surface area contributed by atoms with Gasteiger partial charge in [0.1, 0.15) is 0 Å². The van der Waals surface area contributed by atoms with Gasteiger partial charge in [0.15, 0.2) is 0 Å². The van der Waals surface area contributed by atoms with Crippen LogP contribution in [0.3, 0.4) is 0 Å². The minimum absolute atomic E-state index is 0.853. The van der Waals surface area contributed by atoms with E-state index in [0.717, 1.165) is 30.2 Å². The van der Waals surface area contributed by atoms with Crippen LogP contribution in [0.15, 0.2) is 0 Å². The van der Waals surface area contributed by atoms with E-state index in [4.69, 9.17) is 5.73 Å². The molecule has 2 N–H and O–H groups in total. The lowest BCUT2D eigenvalue weighted by molar-refractivity contribution is 0.0988. The summed E-state index contributed by atoms with van der Waals surface area (Å²) in [4.78, 5) is 0. The Balaban J connectivity index is 1.95. The summed E-state index contributed by atoms with van der Waals surface area (Å²) in [5.74, 6) is 3.86. The first-order chi connectivity index (χ1) is 7.85. The third kappa shape index (κ3) is 2.80. The van der Waals surface area contributed by atoms with Crippen LogP contribution < -0.4 is 5.73 Å². The van der Waals surface area contributed by atoms with Crippen molar-refractivity contribution in [1.82, 2.24) is 0 Å². The SMILES string of the molecule is CCC1CCC(CN)C(C2CCCCC2)C1. The molecule has 0 spiro atoms. The molecule has 2 saturated carbocycles. The summed E-state index contributed by atoms with van der Waals surface area (Å²) in [6.45, 7) is 3.31. The van der Waals surface area contributed by atoms with Gasteiger partial charge in [0.25, 0.3) is 0 Å². The van der Waals surface area contributed by atoms with E-state index in [0.29, 0.717) is 0 Å². The standard InChI is InChI=1S/C15H29N/c1-2-12-8-9-14(11-16)15(10-12)13-6-4-3-5-7-13/h12-15H,2-11,16H2,1H3. The van der Waals surface area contributed by atoms with Crippen LogP contribution in [0.25, 0.3) is 0 Å². The second-order valence-electron chi connectivity index (χ2n) is 6.15. The molecule has 2 rings (SSSR count). The zero-order chi connectivity index (χ0) is 11.4. The Labute approximate surface area is 101 Å². The average Bonchev–Trinajstić information content (AvgIpc) is 2.39. The Morgan fingerprint density at radius 3 is 2.38 bits per heavy atom. The fourth-order valence-electron chi connectivity index (χ4n) is 4.16. The van der Waals surface area contributed by atoms with Gasteiger partial charge in [-0.15, -0.1) is 0 Å². The summed E-state index contributed by atoms with van der Waals surface area (Å²) in [7, 11) is 0. The van der Waals surface area contributed by atoms with E-state index in [1.54, 1.807) is 0 Å². The second kappa shape index (κ2) is 6.05. The summed E-state index contributed by atoms with van der Waals surface area (Å²) >= 11 is 0. The molecule has 2 fully saturated rings.